The summed E-state index contributed by atoms with van der Waals surface area (Å²) in [7, 11) is 0. The van der Waals surface area contributed by atoms with Gasteiger partial charge < -0.3 is 9.64 Å². The Morgan fingerprint density at radius 2 is 2.50 bits per heavy atom. The number of rotatable bonds is 1. The fourth-order valence-electron chi connectivity index (χ4n) is 1.39. The van der Waals surface area contributed by atoms with Gasteiger partial charge in [-0.3, -0.25) is 9.59 Å². The Hall–Kier alpha value is -0.710. The van der Waals surface area contributed by atoms with Crippen LogP contribution in [-0.4, -0.2) is 34.1 Å². The van der Waals surface area contributed by atoms with Gasteiger partial charge >= 0.3 is 5.97 Å². The van der Waals surface area contributed by atoms with Crippen molar-refractivity contribution >= 4 is 23.6 Å². The third kappa shape index (κ3) is 1.18. The molecular weight excluding hydrogens is 178 g/mol. The number of amides is 1. The molecule has 2 fully saturated rings. The van der Waals surface area contributed by atoms with Crippen molar-refractivity contribution in [3.05, 3.63) is 0 Å². The van der Waals surface area contributed by atoms with Crippen molar-refractivity contribution in [2.24, 2.45) is 0 Å². The number of esters is 1. The van der Waals surface area contributed by atoms with Crippen molar-refractivity contribution in [2.75, 3.05) is 6.54 Å². The van der Waals surface area contributed by atoms with Crippen molar-refractivity contribution < 1.29 is 14.3 Å². The van der Waals surface area contributed by atoms with Gasteiger partial charge in [0, 0.05) is 6.92 Å². The summed E-state index contributed by atoms with van der Waals surface area (Å²) in [6, 6.07) is 0. The number of carbonyl (C=O) groups is 2. The Morgan fingerprint density at radius 3 is 3.00 bits per heavy atom. The summed E-state index contributed by atoms with van der Waals surface area (Å²) in [5, 5.41) is 0.266. The SMILES string of the molecule is CC(=O)OC1CN2C(=O)C[C@H]2S1. The van der Waals surface area contributed by atoms with E-state index in [4.69, 9.17) is 4.74 Å². The van der Waals surface area contributed by atoms with Gasteiger partial charge in [0.1, 0.15) is 0 Å². The summed E-state index contributed by atoms with van der Waals surface area (Å²) in [4.78, 5) is 23.2. The van der Waals surface area contributed by atoms with E-state index in [1.807, 2.05) is 0 Å². The lowest BCUT2D eigenvalue weighted by molar-refractivity contribution is -0.147. The Labute approximate surface area is 74.2 Å². The van der Waals surface area contributed by atoms with Crippen molar-refractivity contribution in [2.45, 2.75) is 24.2 Å². The first-order valence-electron chi connectivity index (χ1n) is 3.79. The van der Waals surface area contributed by atoms with Gasteiger partial charge in [-0.1, -0.05) is 11.8 Å². The lowest BCUT2D eigenvalue weighted by Gasteiger charge is -2.32. The molecule has 12 heavy (non-hydrogen) atoms. The van der Waals surface area contributed by atoms with Gasteiger partial charge in [-0.15, -0.1) is 0 Å². The van der Waals surface area contributed by atoms with Crippen LogP contribution in [0.3, 0.4) is 0 Å². The minimum absolute atomic E-state index is 0.140. The maximum Gasteiger partial charge on any atom is 0.303 e. The van der Waals surface area contributed by atoms with Crippen LogP contribution in [0.4, 0.5) is 0 Å². The van der Waals surface area contributed by atoms with Crippen LogP contribution in [0, 0.1) is 0 Å². The van der Waals surface area contributed by atoms with E-state index >= 15 is 0 Å². The lowest BCUT2D eigenvalue weighted by Crippen LogP contribution is -2.47. The summed E-state index contributed by atoms with van der Waals surface area (Å²) < 4.78 is 4.97. The van der Waals surface area contributed by atoms with Crippen LogP contribution < -0.4 is 0 Å². The van der Waals surface area contributed by atoms with Gasteiger partial charge in [0.25, 0.3) is 0 Å². The van der Waals surface area contributed by atoms with Crippen LogP contribution in [0.15, 0.2) is 0 Å². The van der Waals surface area contributed by atoms with Crippen molar-refractivity contribution in [3.63, 3.8) is 0 Å². The first kappa shape index (κ1) is 7.91. The van der Waals surface area contributed by atoms with Crippen LogP contribution in [0.25, 0.3) is 0 Å². The van der Waals surface area contributed by atoms with Gasteiger partial charge in [-0.2, -0.15) is 0 Å². The summed E-state index contributed by atoms with van der Waals surface area (Å²) in [5.41, 5.74) is -0.140. The molecule has 0 aromatic rings. The van der Waals surface area contributed by atoms with Crippen molar-refractivity contribution in [1.82, 2.24) is 4.90 Å². The summed E-state index contributed by atoms with van der Waals surface area (Å²) in [6.07, 6.45) is 0.600. The van der Waals surface area contributed by atoms with E-state index < -0.39 is 0 Å². The van der Waals surface area contributed by atoms with Crippen LogP contribution in [-0.2, 0) is 14.3 Å². The average Bonchev–Trinajstić information content (AvgIpc) is 2.26. The average molecular weight is 187 g/mol. The molecule has 2 aliphatic rings. The number of hydrogen-bond donors (Lipinski definition) is 0. The quantitative estimate of drug-likeness (QED) is 0.434. The molecule has 0 spiro atoms. The maximum absolute atomic E-state index is 10.9. The molecule has 1 amide bonds. The Kier molecular flexibility index (Phi) is 1.75. The zero-order valence-corrected chi connectivity index (χ0v) is 7.47. The van der Waals surface area contributed by atoms with Crippen LogP contribution in [0.5, 0.6) is 0 Å². The zero-order valence-electron chi connectivity index (χ0n) is 6.65. The number of fused-ring (bicyclic) bond motifs is 1. The van der Waals surface area contributed by atoms with E-state index in [9.17, 15) is 9.59 Å². The fourth-order valence-corrected chi connectivity index (χ4v) is 2.77. The largest absolute Gasteiger partial charge is 0.449 e. The molecule has 2 rings (SSSR count). The third-order valence-corrected chi connectivity index (χ3v) is 3.25. The highest BCUT2D eigenvalue weighted by Crippen LogP contribution is 2.39. The normalized spacial score (nSPS) is 32.8. The van der Waals surface area contributed by atoms with Crippen molar-refractivity contribution in [3.8, 4) is 0 Å². The molecule has 66 valence electrons. The molecule has 2 saturated heterocycles. The fraction of sp³-hybridized carbons (Fsp3) is 0.714. The number of thioether (sulfide) groups is 1. The second-order valence-electron chi connectivity index (χ2n) is 2.88. The molecule has 0 saturated carbocycles. The minimum atomic E-state index is -0.276. The van der Waals surface area contributed by atoms with Crippen LogP contribution in [0.2, 0.25) is 0 Å². The number of carbonyl (C=O) groups excluding carboxylic acids is 2. The molecule has 0 N–H and O–H groups in total. The van der Waals surface area contributed by atoms with E-state index in [0.29, 0.717) is 13.0 Å². The van der Waals surface area contributed by atoms with Gasteiger partial charge in [-0.25, -0.2) is 0 Å². The zero-order chi connectivity index (χ0) is 8.72. The van der Waals surface area contributed by atoms with Crippen LogP contribution in [0.1, 0.15) is 13.3 Å². The number of β-lactam (4-membered cyclic amide) rings is 1. The van der Waals surface area contributed by atoms with Gasteiger partial charge in [0.15, 0.2) is 5.44 Å². The smallest absolute Gasteiger partial charge is 0.303 e. The first-order chi connectivity index (χ1) is 5.66. The molecule has 1 unspecified atom stereocenters. The monoisotopic (exact) mass is 187 g/mol. The molecule has 0 radical (unpaired) electrons. The first-order valence-corrected chi connectivity index (χ1v) is 4.73. The Morgan fingerprint density at radius 1 is 1.75 bits per heavy atom. The Balaban J connectivity index is 1.90. The molecule has 2 aliphatic heterocycles. The molecule has 0 aromatic heterocycles. The van der Waals surface area contributed by atoms with E-state index in [2.05, 4.69) is 0 Å². The molecule has 4 nitrogen and oxygen atoms in total. The second-order valence-corrected chi connectivity index (χ2v) is 4.22. The van der Waals surface area contributed by atoms with E-state index in [1.54, 1.807) is 16.7 Å². The molecule has 0 aliphatic carbocycles. The molecular formula is C7H9NO3S. The van der Waals surface area contributed by atoms with E-state index in [0.717, 1.165) is 0 Å². The van der Waals surface area contributed by atoms with Crippen LogP contribution >= 0.6 is 11.8 Å². The number of nitrogens with zero attached hydrogens (tertiary/aromatic N) is 1. The number of hydrogen-bond acceptors (Lipinski definition) is 4. The Bertz CT molecular complexity index is 243. The summed E-state index contributed by atoms with van der Waals surface area (Å²) in [6.45, 7) is 1.95. The standard InChI is InChI=1S/C7H9NO3S/c1-4(9)11-7-3-8-5(10)2-6(8)12-7/h6-7H,2-3H2,1H3/t6-,7?/m1/s1. The molecule has 0 bridgehead atoms. The summed E-state index contributed by atoms with van der Waals surface area (Å²) in [5.74, 6) is -0.107. The molecule has 2 atom stereocenters. The predicted octanol–water partition coefficient (Wildman–Crippen LogP) is 0.181. The number of ether oxygens (including phenoxy) is 1. The second kappa shape index (κ2) is 2.65. The van der Waals surface area contributed by atoms with Gasteiger partial charge in [0.2, 0.25) is 5.91 Å². The highest BCUT2D eigenvalue weighted by molar-refractivity contribution is 8.00. The summed E-state index contributed by atoms with van der Waals surface area (Å²) >= 11 is 1.55. The predicted molar refractivity (Wildman–Crippen MR) is 43.3 cm³/mol. The molecule has 0 aromatic carbocycles. The van der Waals surface area contributed by atoms with E-state index in [1.165, 1.54) is 6.92 Å². The topological polar surface area (TPSA) is 46.6 Å². The van der Waals surface area contributed by atoms with Crippen molar-refractivity contribution in [1.29, 1.82) is 0 Å². The van der Waals surface area contributed by atoms with E-state index in [-0.39, 0.29) is 22.7 Å². The highest BCUT2D eigenvalue weighted by Gasteiger charge is 2.45. The minimum Gasteiger partial charge on any atom is -0.449 e. The van der Waals surface area contributed by atoms with Gasteiger partial charge in [-0.05, 0) is 0 Å². The third-order valence-electron chi connectivity index (χ3n) is 1.97. The molecule has 5 heteroatoms. The highest BCUT2D eigenvalue weighted by atomic mass is 32.2. The maximum atomic E-state index is 10.9. The lowest BCUT2D eigenvalue weighted by atomic mass is 10.2. The van der Waals surface area contributed by atoms with Gasteiger partial charge in [0.05, 0.1) is 18.3 Å². The molecule has 2 heterocycles.